The highest BCUT2D eigenvalue weighted by Crippen LogP contribution is 2.30. The van der Waals surface area contributed by atoms with Gasteiger partial charge in [-0.3, -0.25) is 5.10 Å². The smallest absolute Gasteiger partial charge is 0.424 e. The van der Waals surface area contributed by atoms with Gasteiger partial charge < -0.3 is 9.47 Å². The number of carbonyl (C=O) groups excluding carboxylic acids is 2. The van der Waals surface area contributed by atoms with Gasteiger partial charge in [0.1, 0.15) is 11.2 Å². The molecule has 2 amide bonds. The molecule has 7 nitrogen and oxygen atoms in total. The molecule has 0 unspecified atom stereocenters. The summed E-state index contributed by atoms with van der Waals surface area (Å²) in [6.45, 7) is 10.4. The summed E-state index contributed by atoms with van der Waals surface area (Å²) in [5, 5.41) is 7.61. The highest BCUT2D eigenvalue weighted by atomic mass is 79.9. The van der Waals surface area contributed by atoms with Crippen molar-refractivity contribution in [3.8, 4) is 0 Å². The molecule has 0 bridgehead atoms. The zero-order valence-electron chi connectivity index (χ0n) is 15.1. The van der Waals surface area contributed by atoms with Crippen LogP contribution in [0.3, 0.4) is 0 Å². The second kappa shape index (κ2) is 6.67. The molecule has 0 atom stereocenters. The number of aromatic nitrogens is 2. The molecule has 0 saturated carbocycles. The minimum Gasteiger partial charge on any atom is -0.443 e. The quantitative estimate of drug-likeness (QED) is 0.713. The number of nitrogens with one attached hydrogen (secondary N) is 1. The van der Waals surface area contributed by atoms with Gasteiger partial charge in [-0.05, 0) is 69.6 Å². The number of aromatic amines is 1. The van der Waals surface area contributed by atoms with Crippen molar-refractivity contribution in [1.82, 2.24) is 10.2 Å². The fraction of sp³-hybridized carbons (Fsp3) is 0.471. The molecule has 2 rings (SSSR count). The second-order valence-corrected chi connectivity index (χ2v) is 8.41. The molecular weight excluding hydrogens is 390 g/mol. The first kappa shape index (κ1) is 19.2. The Bertz CT molecular complexity index is 774. The van der Waals surface area contributed by atoms with Crippen molar-refractivity contribution in [3.63, 3.8) is 0 Å². The van der Waals surface area contributed by atoms with Crippen molar-refractivity contribution < 1.29 is 19.1 Å². The number of imide groups is 1. The topological polar surface area (TPSA) is 84.5 Å². The van der Waals surface area contributed by atoms with Gasteiger partial charge in [0.05, 0.1) is 17.4 Å². The Morgan fingerprint density at radius 3 is 2.04 bits per heavy atom. The first-order valence-electron chi connectivity index (χ1n) is 7.76. The van der Waals surface area contributed by atoms with Gasteiger partial charge in [-0.1, -0.05) is 0 Å². The molecule has 0 aliphatic rings. The third-order valence-corrected chi connectivity index (χ3v) is 3.56. The monoisotopic (exact) mass is 411 g/mol. The van der Waals surface area contributed by atoms with Crippen LogP contribution in [0.15, 0.2) is 22.8 Å². The number of amides is 2. The summed E-state index contributed by atoms with van der Waals surface area (Å²) in [6, 6.07) is 3.28. The minimum absolute atomic E-state index is 0.312. The predicted octanol–water partition coefficient (Wildman–Crippen LogP) is 5.00. The maximum absolute atomic E-state index is 12.6. The standard InChI is InChI=1S/C17H22BrN3O4/c1-16(2,3)24-14(22)21(15(23)25-17(4,5)6)10-7-12(18)11-9-19-20-13(11)8-10/h7-9H,1-6H3,(H,19,20). The first-order valence-corrected chi connectivity index (χ1v) is 8.55. The van der Waals surface area contributed by atoms with Crippen LogP contribution in [-0.2, 0) is 9.47 Å². The number of ether oxygens (including phenoxy) is 2. The van der Waals surface area contributed by atoms with E-state index in [2.05, 4.69) is 26.1 Å². The van der Waals surface area contributed by atoms with Crippen molar-refractivity contribution in [1.29, 1.82) is 0 Å². The Hall–Kier alpha value is -2.09. The number of halogens is 1. The van der Waals surface area contributed by atoms with Gasteiger partial charge in [0, 0.05) is 9.86 Å². The highest BCUT2D eigenvalue weighted by Gasteiger charge is 2.33. The van der Waals surface area contributed by atoms with Crippen LogP contribution in [0.5, 0.6) is 0 Å². The normalized spacial score (nSPS) is 12.1. The minimum atomic E-state index is -0.812. The van der Waals surface area contributed by atoms with E-state index in [0.717, 1.165) is 10.3 Å². The average molecular weight is 412 g/mol. The molecule has 0 radical (unpaired) electrons. The molecular formula is C17H22BrN3O4. The van der Waals surface area contributed by atoms with Gasteiger partial charge >= 0.3 is 12.2 Å². The summed E-state index contributed by atoms with van der Waals surface area (Å²) in [6.07, 6.45) is 0.0223. The number of rotatable bonds is 1. The van der Waals surface area contributed by atoms with Crippen molar-refractivity contribution in [2.24, 2.45) is 0 Å². The maximum Gasteiger partial charge on any atom is 0.424 e. The Labute approximate surface area is 154 Å². The zero-order valence-corrected chi connectivity index (χ0v) is 16.7. The Morgan fingerprint density at radius 1 is 1.04 bits per heavy atom. The van der Waals surface area contributed by atoms with Crippen molar-refractivity contribution in [3.05, 3.63) is 22.8 Å². The molecule has 8 heteroatoms. The summed E-state index contributed by atoms with van der Waals surface area (Å²) in [5.41, 5.74) is -0.534. The highest BCUT2D eigenvalue weighted by molar-refractivity contribution is 9.10. The lowest BCUT2D eigenvalue weighted by atomic mass is 10.2. The van der Waals surface area contributed by atoms with Gasteiger partial charge in [0.15, 0.2) is 0 Å². The van der Waals surface area contributed by atoms with Gasteiger partial charge in [-0.2, -0.15) is 10.00 Å². The fourth-order valence-electron chi connectivity index (χ4n) is 2.02. The molecule has 1 N–H and O–H groups in total. The van der Waals surface area contributed by atoms with E-state index >= 15 is 0 Å². The van der Waals surface area contributed by atoms with E-state index in [1.54, 1.807) is 59.9 Å². The van der Waals surface area contributed by atoms with Crippen LogP contribution in [0.2, 0.25) is 0 Å². The number of carbonyl (C=O) groups is 2. The molecule has 0 spiro atoms. The van der Waals surface area contributed by atoms with Crippen LogP contribution in [0.25, 0.3) is 10.9 Å². The summed E-state index contributed by atoms with van der Waals surface area (Å²) in [7, 11) is 0. The van der Waals surface area contributed by atoms with Crippen molar-refractivity contribution >= 4 is 44.7 Å². The average Bonchev–Trinajstić information content (AvgIpc) is 2.82. The van der Waals surface area contributed by atoms with Crippen LogP contribution in [0, 0.1) is 0 Å². The molecule has 0 aliphatic heterocycles. The van der Waals surface area contributed by atoms with E-state index < -0.39 is 23.4 Å². The third-order valence-electron chi connectivity index (χ3n) is 2.90. The largest absolute Gasteiger partial charge is 0.443 e. The summed E-state index contributed by atoms with van der Waals surface area (Å²) < 4.78 is 11.4. The number of hydrogen-bond acceptors (Lipinski definition) is 5. The predicted molar refractivity (Wildman–Crippen MR) is 98.7 cm³/mol. The van der Waals surface area contributed by atoms with Gasteiger partial charge in [0.2, 0.25) is 0 Å². The number of anilines is 1. The lowest BCUT2D eigenvalue weighted by Crippen LogP contribution is -2.43. The van der Waals surface area contributed by atoms with E-state index in [4.69, 9.17) is 9.47 Å². The molecule has 0 aliphatic carbocycles. The van der Waals surface area contributed by atoms with Crippen molar-refractivity contribution in [2.45, 2.75) is 52.7 Å². The lowest BCUT2D eigenvalue weighted by Gasteiger charge is -2.28. The van der Waals surface area contributed by atoms with Crippen LogP contribution < -0.4 is 4.90 Å². The number of benzene rings is 1. The second-order valence-electron chi connectivity index (χ2n) is 7.55. The molecule has 1 aromatic carbocycles. The Balaban J connectivity index is 2.48. The van der Waals surface area contributed by atoms with E-state index in [1.165, 1.54) is 0 Å². The Morgan fingerprint density at radius 2 is 1.56 bits per heavy atom. The summed E-state index contributed by atoms with van der Waals surface area (Å²) >= 11 is 3.43. The number of fused-ring (bicyclic) bond motifs is 1. The van der Waals surface area contributed by atoms with E-state index in [1.807, 2.05) is 0 Å². The lowest BCUT2D eigenvalue weighted by molar-refractivity contribution is 0.0431. The number of hydrogen-bond donors (Lipinski definition) is 1. The molecule has 2 aromatic rings. The number of H-pyrrole nitrogens is 1. The van der Waals surface area contributed by atoms with E-state index in [-0.39, 0.29) is 0 Å². The molecule has 1 aromatic heterocycles. The van der Waals surface area contributed by atoms with Crippen LogP contribution >= 0.6 is 15.9 Å². The molecule has 136 valence electrons. The van der Waals surface area contributed by atoms with Crippen LogP contribution in [0.1, 0.15) is 41.5 Å². The van der Waals surface area contributed by atoms with Crippen LogP contribution in [0.4, 0.5) is 15.3 Å². The molecule has 0 fully saturated rings. The fourth-order valence-corrected chi connectivity index (χ4v) is 2.57. The Kier molecular flexibility index (Phi) is 5.13. The SMILES string of the molecule is CC(C)(C)OC(=O)N(C(=O)OC(C)(C)C)c1cc(Br)c2cn[nH]c2c1. The number of nitrogens with zero attached hydrogens (tertiary/aromatic N) is 2. The first-order chi connectivity index (χ1) is 11.4. The molecule has 25 heavy (non-hydrogen) atoms. The van der Waals surface area contributed by atoms with Crippen LogP contribution in [-0.4, -0.2) is 33.6 Å². The summed E-state index contributed by atoms with van der Waals surface area (Å²) in [5.74, 6) is 0. The van der Waals surface area contributed by atoms with Crippen molar-refractivity contribution in [2.75, 3.05) is 4.90 Å². The maximum atomic E-state index is 12.6. The van der Waals surface area contributed by atoms with Gasteiger partial charge in [-0.15, -0.1) is 0 Å². The van der Waals surface area contributed by atoms with E-state index in [0.29, 0.717) is 15.7 Å². The third kappa shape index (κ3) is 4.94. The molecule has 1 heterocycles. The van der Waals surface area contributed by atoms with Gasteiger partial charge in [0.25, 0.3) is 0 Å². The molecule has 0 saturated heterocycles. The summed E-state index contributed by atoms with van der Waals surface area (Å²) in [4.78, 5) is 26.1. The van der Waals surface area contributed by atoms with Gasteiger partial charge in [-0.25, -0.2) is 9.59 Å². The zero-order chi connectivity index (χ0) is 19.0. The van der Waals surface area contributed by atoms with E-state index in [9.17, 15) is 9.59 Å².